The molecule has 0 radical (unpaired) electrons. The van der Waals surface area contributed by atoms with Gasteiger partial charge in [-0.1, -0.05) is 6.07 Å². The Kier molecular flexibility index (Phi) is 4.54. The molecule has 2 heterocycles. The Hall–Kier alpha value is -3.46. The van der Waals surface area contributed by atoms with Gasteiger partial charge in [-0.3, -0.25) is 29.1 Å². The average molecular weight is 369 g/mol. The Morgan fingerprint density at radius 3 is 2.56 bits per heavy atom. The number of rotatable bonds is 4. The van der Waals surface area contributed by atoms with E-state index in [9.17, 15) is 19.2 Å². The van der Waals surface area contributed by atoms with Crippen LogP contribution in [0.3, 0.4) is 0 Å². The van der Waals surface area contributed by atoms with E-state index >= 15 is 0 Å². The quantitative estimate of drug-likeness (QED) is 0.657. The summed E-state index contributed by atoms with van der Waals surface area (Å²) >= 11 is 0. The van der Waals surface area contributed by atoms with E-state index in [1.165, 1.54) is 0 Å². The Morgan fingerprint density at radius 2 is 1.89 bits per heavy atom. The number of nitrogens with one attached hydrogen (secondary N) is 2. The molecule has 0 spiro atoms. The van der Waals surface area contributed by atoms with E-state index < -0.39 is 17.4 Å². The molecule has 1 aliphatic rings. The largest absolute Gasteiger partial charge is 0.384 e. The third-order valence-corrected chi connectivity index (χ3v) is 4.17. The minimum atomic E-state index is -0.647. The minimum Gasteiger partial charge on any atom is -0.384 e. The van der Waals surface area contributed by atoms with E-state index in [1.54, 1.807) is 37.2 Å². The van der Waals surface area contributed by atoms with Crippen molar-refractivity contribution in [1.82, 2.24) is 14.8 Å². The molecule has 1 aromatic heterocycles. The number of imide groups is 1. The van der Waals surface area contributed by atoms with Gasteiger partial charge in [0.05, 0.1) is 23.4 Å². The van der Waals surface area contributed by atoms with Crippen LogP contribution in [-0.2, 0) is 4.79 Å². The van der Waals surface area contributed by atoms with Crippen molar-refractivity contribution in [3.63, 3.8) is 0 Å². The molecule has 9 nitrogen and oxygen atoms in total. The highest BCUT2D eigenvalue weighted by Gasteiger charge is 2.31. The summed E-state index contributed by atoms with van der Waals surface area (Å²) in [5, 5.41) is 4.91. The van der Waals surface area contributed by atoms with Crippen LogP contribution in [0.2, 0.25) is 0 Å². The second kappa shape index (κ2) is 6.69. The summed E-state index contributed by atoms with van der Waals surface area (Å²) in [6.07, 6.45) is 0. The first-order valence-corrected chi connectivity index (χ1v) is 8.16. The van der Waals surface area contributed by atoms with Gasteiger partial charge in [-0.05, 0) is 38.7 Å². The molecule has 1 aromatic carbocycles. The maximum Gasteiger partial charge on any atom is 0.262 e. The van der Waals surface area contributed by atoms with Gasteiger partial charge in [0, 0.05) is 11.8 Å². The van der Waals surface area contributed by atoms with Gasteiger partial charge >= 0.3 is 0 Å². The van der Waals surface area contributed by atoms with Crippen LogP contribution in [0.25, 0.3) is 5.69 Å². The summed E-state index contributed by atoms with van der Waals surface area (Å²) < 4.78 is 1.14. The van der Waals surface area contributed by atoms with Crippen LogP contribution in [0, 0.1) is 6.92 Å². The molecule has 0 atom stereocenters. The van der Waals surface area contributed by atoms with Crippen LogP contribution in [0.4, 0.5) is 11.5 Å². The molecule has 0 fully saturated rings. The van der Waals surface area contributed by atoms with Crippen LogP contribution in [0.15, 0.2) is 29.1 Å². The van der Waals surface area contributed by atoms with Crippen molar-refractivity contribution in [2.75, 3.05) is 31.7 Å². The fraction of sp³-hybridized carbons (Fsp3) is 0.222. The van der Waals surface area contributed by atoms with Gasteiger partial charge < -0.3 is 16.0 Å². The number of aryl methyl sites for hydroxylation is 1. The van der Waals surface area contributed by atoms with E-state index in [1.807, 2.05) is 6.92 Å². The molecule has 0 unspecified atom stereocenters. The summed E-state index contributed by atoms with van der Waals surface area (Å²) in [6.45, 7) is 2.02. The van der Waals surface area contributed by atoms with Gasteiger partial charge in [0.2, 0.25) is 5.91 Å². The topological polar surface area (TPSA) is 127 Å². The highest BCUT2D eigenvalue weighted by Crippen LogP contribution is 2.25. The lowest BCUT2D eigenvalue weighted by Crippen LogP contribution is -2.27. The first-order chi connectivity index (χ1) is 12.7. The highest BCUT2D eigenvalue weighted by atomic mass is 16.2. The smallest absolute Gasteiger partial charge is 0.262 e. The number of anilines is 2. The number of carbonyl (C=O) groups excluding carboxylic acids is 3. The zero-order valence-electron chi connectivity index (χ0n) is 15.1. The van der Waals surface area contributed by atoms with E-state index in [4.69, 9.17) is 5.73 Å². The van der Waals surface area contributed by atoms with Gasteiger partial charge in [0.15, 0.2) is 0 Å². The summed E-state index contributed by atoms with van der Waals surface area (Å²) in [4.78, 5) is 50.0. The lowest BCUT2D eigenvalue weighted by molar-refractivity contribution is -0.116. The Bertz CT molecular complexity index is 1040. The molecular weight excluding hydrogens is 350 g/mol. The summed E-state index contributed by atoms with van der Waals surface area (Å²) in [5.41, 5.74) is 7.11. The Morgan fingerprint density at radius 1 is 1.19 bits per heavy atom. The number of pyridine rings is 1. The van der Waals surface area contributed by atoms with Gasteiger partial charge in [0.1, 0.15) is 5.82 Å². The lowest BCUT2D eigenvalue weighted by atomic mass is 10.1. The summed E-state index contributed by atoms with van der Waals surface area (Å²) in [6, 6.07) is 6.05. The Balaban J connectivity index is 2.08. The molecule has 0 aliphatic carbocycles. The number of benzene rings is 1. The molecule has 4 N–H and O–H groups in total. The lowest BCUT2D eigenvalue weighted by Gasteiger charge is -2.16. The molecule has 0 saturated carbocycles. The second-order valence-corrected chi connectivity index (χ2v) is 6.56. The van der Waals surface area contributed by atoms with Crippen molar-refractivity contribution >= 4 is 29.2 Å². The van der Waals surface area contributed by atoms with Gasteiger partial charge in [-0.15, -0.1) is 0 Å². The van der Waals surface area contributed by atoms with Gasteiger partial charge in [0.25, 0.3) is 17.4 Å². The molecule has 27 heavy (non-hydrogen) atoms. The number of hydrogen-bond acceptors (Lipinski definition) is 6. The first kappa shape index (κ1) is 18.3. The molecule has 3 amide bonds. The number of nitrogens with zero attached hydrogens (tertiary/aromatic N) is 2. The van der Waals surface area contributed by atoms with Crippen molar-refractivity contribution < 1.29 is 14.4 Å². The maximum absolute atomic E-state index is 12.5. The van der Waals surface area contributed by atoms with Crippen molar-refractivity contribution in [1.29, 1.82) is 0 Å². The van der Waals surface area contributed by atoms with Crippen LogP contribution in [0.1, 0.15) is 26.3 Å². The molecule has 2 aromatic rings. The number of hydrogen-bond donors (Lipinski definition) is 3. The zero-order valence-corrected chi connectivity index (χ0v) is 15.1. The normalized spacial score (nSPS) is 12.9. The number of fused-ring (bicyclic) bond motifs is 1. The fourth-order valence-electron chi connectivity index (χ4n) is 2.91. The average Bonchev–Trinajstić information content (AvgIpc) is 2.83. The first-order valence-electron chi connectivity index (χ1n) is 8.16. The van der Waals surface area contributed by atoms with Gasteiger partial charge in [-0.2, -0.15) is 0 Å². The van der Waals surface area contributed by atoms with E-state index in [0.29, 0.717) is 11.4 Å². The summed E-state index contributed by atoms with van der Waals surface area (Å²) in [5.74, 6) is -1.63. The van der Waals surface area contributed by atoms with Crippen molar-refractivity contribution in [3.8, 4) is 5.69 Å². The summed E-state index contributed by atoms with van der Waals surface area (Å²) in [7, 11) is 3.56. The molecule has 140 valence electrons. The van der Waals surface area contributed by atoms with Crippen LogP contribution in [-0.4, -0.2) is 47.8 Å². The third kappa shape index (κ3) is 3.32. The number of nitrogen functional groups attached to an aromatic ring is 1. The maximum atomic E-state index is 12.5. The fourth-order valence-corrected chi connectivity index (χ4v) is 2.91. The van der Waals surface area contributed by atoms with Crippen LogP contribution in [0.5, 0.6) is 0 Å². The number of likely N-dealkylation sites (N-methyl/N-ethyl adjacent to an activating group) is 1. The van der Waals surface area contributed by atoms with Gasteiger partial charge in [-0.25, -0.2) is 0 Å². The third-order valence-electron chi connectivity index (χ3n) is 4.17. The second-order valence-electron chi connectivity index (χ2n) is 6.56. The standard InChI is InChI=1S/C18H19N5O4/c1-9-4-5-10(6-12(9)20-13(24)8-22(2)3)23-14(25)7-11-15(16(23)19)18(27)21-17(11)26/h4-7H,8,19H2,1-3H3,(H,20,24)(H,21,26,27). The highest BCUT2D eigenvalue weighted by molar-refractivity contribution is 6.23. The zero-order chi connectivity index (χ0) is 19.9. The van der Waals surface area contributed by atoms with E-state index in [2.05, 4.69) is 10.6 Å². The molecular formula is C18H19N5O4. The predicted octanol–water partition coefficient (Wildman–Crippen LogP) is 0.112. The van der Waals surface area contributed by atoms with Crippen molar-refractivity contribution in [2.24, 2.45) is 0 Å². The van der Waals surface area contributed by atoms with E-state index in [0.717, 1.165) is 16.2 Å². The SMILES string of the molecule is Cc1ccc(-n2c(N)c3c(cc2=O)C(=O)NC3=O)cc1NC(=O)CN(C)C. The monoisotopic (exact) mass is 369 g/mol. The molecule has 0 bridgehead atoms. The molecule has 9 heteroatoms. The number of aromatic nitrogens is 1. The Labute approximate surface area is 154 Å². The molecule has 1 aliphatic heterocycles. The predicted molar refractivity (Wildman–Crippen MR) is 100 cm³/mol. The molecule has 0 saturated heterocycles. The number of carbonyl (C=O) groups is 3. The minimum absolute atomic E-state index is 0.0293. The van der Waals surface area contributed by atoms with Crippen molar-refractivity contribution in [3.05, 3.63) is 51.3 Å². The van der Waals surface area contributed by atoms with E-state index in [-0.39, 0.29) is 29.4 Å². The molecule has 3 rings (SSSR count). The number of amides is 3. The van der Waals surface area contributed by atoms with Crippen LogP contribution < -0.4 is 21.9 Å². The van der Waals surface area contributed by atoms with Crippen LogP contribution >= 0.6 is 0 Å². The number of nitrogens with two attached hydrogens (primary N) is 1. The van der Waals surface area contributed by atoms with Crippen molar-refractivity contribution in [2.45, 2.75) is 6.92 Å².